The molecule has 1 aromatic carbocycles. The van der Waals surface area contributed by atoms with Crippen LogP contribution in [0.1, 0.15) is 6.42 Å². The first kappa shape index (κ1) is 12.6. The fourth-order valence-electron chi connectivity index (χ4n) is 1.77. The number of terminal acetylenes is 1. The molecule has 1 aliphatic heterocycles. The summed E-state index contributed by atoms with van der Waals surface area (Å²) >= 11 is 17.8. The van der Waals surface area contributed by atoms with Crippen molar-refractivity contribution in [2.45, 2.75) is 6.42 Å². The minimum absolute atomic E-state index is 0.0479. The highest BCUT2D eigenvalue weighted by molar-refractivity contribution is 6.44. The summed E-state index contributed by atoms with van der Waals surface area (Å²) in [5, 5.41) is 1.12. The summed E-state index contributed by atoms with van der Waals surface area (Å²) in [6, 6.07) is 3.11. The van der Waals surface area contributed by atoms with Crippen LogP contribution in [-0.4, -0.2) is 12.5 Å². The standard InChI is InChI=1S/C12H8Cl3NO/c1-2-7-3-12(17)16(6-7)11-5-9(14)8(13)4-10(11)15/h1,4-5,7H,3,6H2. The van der Waals surface area contributed by atoms with E-state index in [1.165, 1.54) is 6.07 Å². The van der Waals surface area contributed by atoms with Crippen LogP contribution in [0, 0.1) is 18.3 Å². The summed E-state index contributed by atoms with van der Waals surface area (Å²) < 4.78 is 0. The summed E-state index contributed by atoms with van der Waals surface area (Å²) in [6.45, 7) is 0.465. The van der Waals surface area contributed by atoms with E-state index in [-0.39, 0.29) is 11.8 Å². The Morgan fingerprint density at radius 2 is 1.88 bits per heavy atom. The lowest BCUT2D eigenvalue weighted by Gasteiger charge is -2.18. The quantitative estimate of drug-likeness (QED) is 0.571. The Kier molecular flexibility index (Phi) is 3.53. The number of nitrogens with zero attached hydrogens (tertiary/aromatic N) is 1. The van der Waals surface area contributed by atoms with Crippen LogP contribution in [-0.2, 0) is 4.79 Å². The summed E-state index contributed by atoms with van der Waals surface area (Å²) in [6.07, 6.45) is 5.66. The predicted octanol–water partition coefficient (Wildman–Crippen LogP) is 3.63. The Morgan fingerprint density at radius 3 is 2.47 bits per heavy atom. The van der Waals surface area contributed by atoms with Crippen LogP contribution in [0.15, 0.2) is 12.1 Å². The maximum Gasteiger partial charge on any atom is 0.228 e. The second-order valence-corrected chi connectivity index (χ2v) is 5.01. The fraction of sp³-hybridized carbons (Fsp3) is 0.250. The molecule has 2 rings (SSSR count). The van der Waals surface area contributed by atoms with Crippen molar-refractivity contribution in [2.24, 2.45) is 5.92 Å². The van der Waals surface area contributed by atoms with E-state index >= 15 is 0 Å². The van der Waals surface area contributed by atoms with Crippen LogP contribution in [0.3, 0.4) is 0 Å². The molecule has 1 fully saturated rings. The second kappa shape index (κ2) is 4.78. The first-order valence-corrected chi connectivity index (χ1v) is 6.07. The smallest absolute Gasteiger partial charge is 0.228 e. The topological polar surface area (TPSA) is 20.3 Å². The number of halogens is 3. The number of hydrogen-bond acceptors (Lipinski definition) is 1. The van der Waals surface area contributed by atoms with Crippen LogP contribution in [0.25, 0.3) is 0 Å². The molecule has 1 aromatic rings. The zero-order chi connectivity index (χ0) is 12.6. The molecule has 1 heterocycles. The van der Waals surface area contributed by atoms with Crippen molar-refractivity contribution in [1.82, 2.24) is 0 Å². The maximum atomic E-state index is 11.8. The summed E-state index contributed by atoms with van der Waals surface area (Å²) in [4.78, 5) is 13.3. The number of hydrogen-bond donors (Lipinski definition) is 0. The van der Waals surface area contributed by atoms with Crippen molar-refractivity contribution in [2.75, 3.05) is 11.4 Å². The lowest BCUT2D eigenvalue weighted by molar-refractivity contribution is -0.117. The third-order valence-corrected chi connectivity index (χ3v) is 3.67. The molecule has 1 atom stereocenters. The molecule has 5 heteroatoms. The number of benzene rings is 1. The minimum atomic E-state index is -0.0759. The molecule has 0 aromatic heterocycles. The molecule has 1 unspecified atom stereocenters. The van der Waals surface area contributed by atoms with E-state index in [0.29, 0.717) is 33.7 Å². The van der Waals surface area contributed by atoms with Crippen molar-refractivity contribution in [3.8, 4) is 12.3 Å². The summed E-state index contributed by atoms with van der Waals surface area (Å²) in [5.41, 5.74) is 0.559. The van der Waals surface area contributed by atoms with E-state index < -0.39 is 0 Å². The van der Waals surface area contributed by atoms with Gasteiger partial charge >= 0.3 is 0 Å². The van der Waals surface area contributed by atoms with E-state index in [1.54, 1.807) is 11.0 Å². The first-order chi connectivity index (χ1) is 8.02. The zero-order valence-corrected chi connectivity index (χ0v) is 11.0. The molecule has 17 heavy (non-hydrogen) atoms. The number of amides is 1. The van der Waals surface area contributed by atoms with Gasteiger partial charge in [-0.2, -0.15) is 0 Å². The van der Waals surface area contributed by atoms with Crippen LogP contribution < -0.4 is 4.90 Å². The van der Waals surface area contributed by atoms with Gasteiger partial charge in [0.05, 0.1) is 20.8 Å². The van der Waals surface area contributed by atoms with E-state index in [0.717, 1.165) is 0 Å². The van der Waals surface area contributed by atoms with Crippen LogP contribution in [0.2, 0.25) is 15.1 Å². The maximum absolute atomic E-state index is 11.8. The van der Waals surface area contributed by atoms with Gasteiger partial charge in [0.25, 0.3) is 0 Å². The molecule has 2 nitrogen and oxygen atoms in total. The van der Waals surface area contributed by atoms with Gasteiger partial charge in [0.1, 0.15) is 0 Å². The molecule has 0 spiro atoms. The molecule has 0 bridgehead atoms. The fourth-order valence-corrected chi connectivity index (χ4v) is 2.41. The predicted molar refractivity (Wildman–Crippen MR) is 70.8 cm³/mol. The normalized spacial score (nSPS) is 19.5. The van der Waals surface area contributed by atoms with Crippen molar-refractivity contribution in [3.63, 3.8) is 0 Å². The van der Waals surface area contributed by atoms with Crippen molar-refractivity contribution >= 4 is 46.4 Å². The molecule has 1 aliphatic rings. The monoisotopic (exact) mass is 287 g/mol. The van der Waals surface area contributed by atoms with Crippen molar-refractivity contribution < 1.29 is 4.79 Å². The largest absolute Gasteiger partial charge is 0.310 e. The van der Waals surface area contributed by atoms with Gasteiger partial charge < -0.3 is 4.90 Å². The molecule has 88 valence electrons. The number of anilines is 1. The first-order valence-electron chi connectivity index (χ1n) is 4.94. The summed E-state index contributed by atoms with van der Waals surface area (Å²) in [7, 11) is 0. The number of rotatable bonds is 1. The Hall–Kier alpha value is -0.880. The molecule has 0 radical (unpaired) electrons. The van der Waals surface area contributed by atoms with E-state index in [4.69, 9.17) is 41.2 Å². The third-order valence-electron chi connectivity index (χ3n) is 2.64. The minimum Gasteiger partial charge on any atom is -0.310 e. The second-order valence-electron chi connectivity index (χ2n) is 3.79. The van der Waals surface area contributed by atoms with Gasteiger partial charge in [0.2, 0.25) is 5.91 Å². The average molecular weight is 289 g/mol. The SMILES string of the molecule is C#CC1CC(=O)N(c2cc(Cl)c(Cl)cc2Cl)C1. The van der Waals surface area contributed by atoms with Gasteiger partial charge in [0.15, 0.2) is 0 Å². The molecule has 0 aliphatic carbocycles. The van der Waals surface area contributed by atoms with Gasteiger partial charge in [-0.1, -0.05) is 34.8 Å². The van der Waals surface area contributed by atoms with E-state index in [2.05, 4.69) is 5.92 Å². The molecule has 0 saturated carbocycles. The van der Waals surface area contributed by atoms with Crippen molar-refractivity contribution in [3.05, 3.63) is 27.2 Å². The molecule has 0 N–H and O–H groups in total. The lowest BCUT2D eigenvalue weighted by atomic mass is 10.1. The van der Waals surface area contributed by atoms with E-state index in [9.17, 15) is 4.79 Å². The number of carbonyl (C=O) groups excluding carboxylic acids is 1. The Bertz CT molecular complexity index is 521. The lowest BCUT2D eigenvalue weighted by Crippen LogP contribution is -2.24. The molecule has 1 amide bonds. The van der Waals surface area contributed by atoms with Crippen LogP contribution in [0.4, 0.5) is 5.69 Å². The van der Waals surface area contributed by atoms with Crippen molar-refractivity contribution in [1.29, 1.82) is 0 Å². The highest BCUT2D eigenvalue weighted by atomic mass is 35.5. The zero-order valence-electron chi connectivity index (χ0n) is 8.71. The van der Waals surface area contributed by atoms with Gasteiger partial charge in [0, 0.05) is 18.9 Å². The highest BCUT2D eigenvalue weighted by Gasteiger charge is 2.30. The Balaban J connectivity index is 2.39. The van der Waals surface area contributed by atoms with Gasteiger partial charge in [-0.25, -0.2) is 0 Å². The van der Waals surface area contributed by atoms with Crippen LogP contribution in [0.5, 0.6) is 0 Å². The van der Waals surface area contributed by atoms with E-state index in [1.807, 2.05) is 0 Å². The van der Waals surface area contributed by atoms with Gasteiger partial charge in [-0.05, 0) is 12.1 Å². The van der Waals surface area contributed by atoms with Gasteiger partial charge in [-0.3, -0.25) is 4.79 Å². The average Bonchev–Trinajstić information content (AvgIpc) is 2.65. The Labute approximate surface area is 114 Å². The molecule has 1 saturated heterocycles. The third kappa shape index (κ3) is 2.37. The molecular formula is C12H8Cl3NO. The number of carbonyl (C=O) groups is 1. The Morgan fingerprint density at radius 1 is 1.24 bits per heavy atom. The highest BCUT2D eigenvalue weighted by Crippen LogP contribution is 2.36. The van der Waals surface area contributed by atoms with Crippen LogP contribution >= 0.6 is 34.8 Å². The molecular weight excluding hydrogens is 280 g/mol. The van der Waals surface area contributed by atoms with Gasteiger partial charge in [-0.15, -0.1) is 12.3 Å². The summed E-state index contributed by atoms with van der Waals surface area (Å²) in [5.74, 6) is 2.45.